The van der Waals surface area contributed by atoms with Crippen molar-refractivity contribution in [1.82, 2.24) is 10.9 Å². The Morgan fingerprint density at radius 2 is 1.50 bits per heavy atom. The largest absolute Gasteiger partial charge is 0.385 e. The molecule has 0 aliphatic heterocycles. The first-order valence-electron chi connectivity index (χ1n) is 6.91. The molecule has 2 rings (SSSR count). The maximum Gasteiger partial charge on any atom is 0.269 e. The van der Waals surface area contributed by atoms with E-state index in [1.807, 2.05) is 6.07 Å². The molecule has 1 atom stereocenters. The summed E-state index contributed by atoms with van der Waals surface area (Å²) >= 11 is 0. The lowest BCUT2D eigenvalue weighted by atomic mass is 9.92. The topological polar surface area (TPSA) is 78.4 Å². The minimum absolute atomic E-state index is 0.161. The highest BCUT2D eigenvalue weighted by Gasteiger charge is 2.26. The lowest BCUT2D eigenvalue weighted by Crippen LogP contribution is -2.44. The van der Waals surface area contributed by atoms with Crippen LogP contribution in [0.4, 0.5) is 0 Å². The summed E-state index contributed by atoms with van der Waals surface area (Å²) in [6, 6.07) is 17.5. The van der Waals surface area contributed by atoms with Crippen LogP contribution in [0.3, 0.4) is 0 Å². The molecule has 0 saturated heterocycles. The Balaban J connectivity index is 1.89. The van der Waals surface area contributed by atoms with Gasteiger partial charge in [0.1, 0.15) is 0 Å². The summed E-state index contributed by atoms with van der Waals surface area (Å²) in [4.78, 5) is 23.7. The number of hydrogen-bond acceptors (Lipinski definition) is 3. The third kappa shape index (κ3) is 4.17. The number of hydrazine groups is 1. The Hall–Kier alpha value is -2.66. The summed E-state index contributed by atoms with van der Waals surface area (Å²) < 4.78 is 0. The van der Waals surface area contributed by atoms with Crippen molar-refractivity contribution in [3.63, 3.8) is 0 Å². The average Bonchev–Trinajstić information content (AvgIpc) is 2.54. The first kappa shape index (κ1) is 15.7. The van der Waals surface area contributed by atoms with E-state index in [0.29, 0.717) is 11.1 Å². The second kappa shape index (κ2) is 6.87. The van der Waals surface area contributed by atoms with Crippen molar-refractivity contribution in [2.45, 2.75) is 18.9 Å². The van der Waals surface area contributed by atoms with Crippen LogP contribution in [0.15, 0.2) is 60.7 Å². The fourth-order valence-electron chi connectivity index (χ4n) is 2.04. The van der Waals surface area contributed by atoms with Gasteiger partial charge in [-0.2, -0.15) is 0 Å². The van der Waals surface area contributed by atoms with Gasteiger partial charge in [0.2, 0.25) is 5.91 Å². The molecule has 2 aromatic rings. The molecule has 2 amide bonds. The lowest BCUT2D eigenvalue weighted by Gasteiger charge is -2.23. The highest BCUT2D eigenvalue weighted by molar-refractivity contribution is 5.95. The third-order valence-corrected chi connectivity index (χ3v) is 3.25. The zero-order valence-electron chi connectivity index (χ0n) is 12.2. The number of carbonyl (C=O) groups excluding carboxylic acids is 2. The Morgan fingerprint density at radius 1 is 0.955 bits per heavy atom. The van der Waals surface area contributed by atoms with Crippen LogP contribution in [0.1, 0.15) is 29.3 Å². The van der Waals surface area contributed by atoms with Gasteiger partial charge in [-0.1, -0.05) is 48.5 Å². The van der Waals surface area contributed by atoms with E-state index in [2.05, 4.69) is 10.9 Å². The fraction of sp³-hybridized carbons (Fsp3) is 0.176. The second-order valence-corrected chi connectivity index (χ2v) is 5.18. The van der Waals surface area contributed by atoms with Crippen molar-refractivity contribution >= 4 is 11.8 Å². The number of rotatable bonds is 4. The predicted octanol–water partition coefficient (Wildman–Crippen LogP) is 1.75. The Morgan fingerprint density at radius 3 is 2.09 bits per heavy atom. The number of nitrogens with one attached hydrogen (secondary N) is 2. The molecule has 0 radical (unpaired) electrons. The van der Waals surface area contributed by atoms with Crippen LogP contribution in [0, 0.1) is 0 Å². The van der Waals surface area contributed by atoms with E-state index >= 15 is 0 Å². The van der Waals surface area contributed by atoms with Crippen molar-refractivity contribution in [2.75, 3.05) is 0 Å². The van der Waals surface area contributed by atoms with E-state index in [1.54, 1.807) is 61.5 Å². The number of aliphatic hydroxyl groups is 1. The van der Waals surface area contributed by atoms with Crippen LogP contribution in [-0.2, 0) is 10.4 Å². The summed E-state index contributed by atoms with van der Waals surface area (Å²) in [5.74, 6) is -0.883. The molecule has 2 aromatic carbocycles. The van der Waals surface area contributed by atoms with Crippen molar-refractivity contribution < 1.29 is 14.7 Å². The molecule has 22 heavy (non-hydrogen) atoms. The molecule has 3 N–H and O–H groups in total. The Kier molecular flexibility index (Phi) is 4.91. The van der Waals surface area contributed by atoms with E-state index in [1.165, 1.54) is 0 Å². The van der Waals surface area contributed by atoms with Gasteiger partial charge in [0, 0.05) is 5.56 Å². The van der Waals surface area contributed by atoms with E-state index < -0.39 is 17.4 Å². The molecular weight excluding hydrogens is 280 g/mol. The molecule has 0 aliphatic rings. The molecule has 0 aliphatic carbocycles. The average molecular weight is 298 g/mol. The maximum absolute atomic E-state index is 11.9. The SMILES string of the molecule is CC(O)(CC(=O)NNC(=O)c1ccccc1)c1ccccc1. The first-order valence-corrected chi connectivity index (χ1v) is 6.91. The number of hydrogen-bond donors (Lipinski definition) is 3. The molecule has 1 unspecified atom stereocenters. The third-order valence-electron chi connectivity index (χ3n) is 3.25. The van der Waals surface area contributed by atoms with Crippen LogP contribution >= 0.6 is 0 Å². The minimum atomic E-state index is -1.30. The summed E-state index contributed by atoms with van der Waals surface area (Å²) in [6.07, 6.45) is -0.161. The van der Waals surface area contributed by atoms with Crippen molar-refractivity contribution in [3.8, 4) is 0 Å². The molecule has 5 heteroatoms. The van der Waals surface area contributed by atoms with E-state index in [0.717, 1.165) is 0 Å². The van der Waals surface area contributed by atoms with Gasteiger partial charge in [0.05, 0.1) is 12.0 Å². The summed E-state index contributed by atoms with van der Waals surface area (Å²) in [5.41, 5.74) is 4.41. The predicted molar refractivity (Wildman–Crippen MR) is 82.7 cm³/mol. The van der Waals surface area contributed by atoms with Crippen LogP contribution in [-0.4, -0.2) is 16.9 Å². The zero-order valence-corrected chi connectivity index (χ0v) is 12.2. The van der Waals surface area contributed by atoms with Crippen LogP contribution < -0.4 is 10.9 Å². The van der Waals surface area contributed by atoms with Crippen molar-refractivity contribution in [1.29, 1.82) is 0 Å². The molecule has 114 valence electrons. The van der Waals surface area contributed by atoms with Gasteiger partial charge in [0.25, 0.3) is 5.91 Å². The molecule has 0 spiro atoms. The van der Waals surface area contributed by atoms with Crippen LogP contribution in [0.25, 0.3) is 0 Å². The highest BCUT2D eigenvalue weighted by Crippen LogP contribution is 2.23. The molecule has 5 nitrogen and oxygen atoms in total. The zero-order chi connectivity index (χ0) is 16.0. The van der Waals surface area contributed by atoms with Gasteiger partial charge in [-0.3, -0.25) is 20.4 Å². The van der Waals surface area contributed by atoms with Gasteiger partial charge in [0.15, 0.2) is 0 Å². The second-order valence-electron chi connectivity index (χ2n) is 5.18. The van der Waals surface area contributed by atoms with Gasteiger partial charge in [-0.05, 0) is 24.6 Å². The van der Waals surface area contributed by atoms with Crippen LogP contribution in [0.5, 0.6) is 0 Å². The molecule has 0 saturated carbocycles. The van der Waals surface area contributed by atoms with Gasteiger partial charge >= 0.3 is 0 Å². The van der Waals surface area contributed by atoms with Crippen molar-refractivity contribution in [3.05, 3.63) is 71.8 Å². The smallest absolute Gasteiger partial charge is 0.269 e. The Bertz CT molecular complexity index is 639. The fourth-order valence-corrected chi connectivity index (χ4v) is 2.04. The minimum Gasteiger partial charge on any atom is -0.385 e. The molecular formula is C17H18N2O3. The van der Waals surface area contributed by atoms with Crippen molar-refractivity contribution in [2.24, 2.45) is 0 Å². The standard InChI is InChI=1S/C17H18N2O3/c1-17(22,14-10-6-3-7-11-14)12-15(20)18-19-16(21)13-8-4-2-5-9-13/h2-11,22H,12H2,1H3,(H,18,20)(H,19,21). The summed E-state index contributed by atoms with van der Waals surface area (Å²) in [7, 11) is 0. The number of benzene rings is 2. The van der Waals surface area contributed by atoms with Gasteiger partial charge < -0.3 is 5.11 Å². The number of amides is 2. The highest BCUT2D eigenvalue weighted by atomic mass is 16.3. The summed E-state index contributed by atoms with van der Waals surface area (Å²) in [5, 5.41) is 10.4. The Labute approximate surface area is 129 Å². The monoisotopic (exact) mass is 298 g/mol. The molecule has 0 fully saturated rings. The molecule has 0 heterocycles. The van der Waals surface area contributed by atoms with Gasteiger partial charge in [-0.25, -0.2) is 0 Å². The van der Waals surface area contributed by atoms with E-state index in [-0.39, 0.29) is 6.42 Å². The summed E-state index contributed by atoms with van der Waals surface area (Å²) in [6.45, 7) is 1.56. The normalized spacial score (nSPS) is 13.0. The quantitative estimate of drug-likeness (QED) is 0.752. The molecule has 0 aromatic heterocycles. The first-order chi connectivity index (χ1) is 10.5. The van der Waals surface area contributed by atoms with Crippen LogP contribution in [0.2, 0.25) is 0 Å². The van der Waals surface area contributed by atoms with E-state index in [9.17, 15) is 14.7 Å². The molecule has 0 bridgehead atoms. The maximum atomic E-state index is 11.9. The number of carbonyl (C=O) groups is 2. The van der Waals surface area contributed by atoms with E-state index in [4.69, 9.17) is 0 Å². The van der Waals surface area contributed by atoms with Gasteiger partial charge in [-0.15, -0.1) is 0 Å². The lowest BCUT2D eigenvalue weighted by molar-refractivity contribution is -0.126.